The molecule has 0 radical (unpaired) electrons. The van der Waals surface area contributed by atoms with E-state index in [4.69, 9.17) is 13.6 Å². The number of furan rings is 1. The van der Waals surface area contributed by atoms with Gasteiger partial charge in [-0.25, -0.2) is 0 Å². The Hall–Kier alpha value is -1.76. The van der Waals surface area contributed by atoms with Crippen molar-refractivity contribution in [3.05, 3.63) is 18.1 Å². The second-order valence-corrected chi connectivity index (χ2v) is 5.51. The smallest absolute Gasteiger partial charge is 0.320 e. The number of thioether (sulfide) groups is 1. The van der Waals surface area contributed by atoms with Gasteiger partial charge in [-0.2, -0.15) is 0 Å². The molecule has 100 valence electrons. The summed E-state index contributed by atoms with van der Waals surface area (Å²) < 4.78 is 15.8. The number of carbonyl (C=O) groups excluding carboxylic acids is 1. The Kier molecular flexibility index (Phi) is 3.06. The summed E-state index contributed by atoms with van der Waals surface area (Å²) in [5.74, 6) is 0.888. The molecule has 0 spiro atoms. The average molecular weight is 280 g/mol. The van der Waals surface area contributed by atoms with Crippen molar-refractivity contribution in [1.82, 2.24) is 10.2 Å². The van der Waals surface area contributed by atoms with Crippen LogP contribution in [0.2, 0.25) is 0 Å². The van der Waals surface area contributed by atoms with Crippen LogP contribution in [0.15, 0.2) is 26.4 Å². The summed E-state index contributed by atoms with van der Waals surface area (Å²) in [6.07, 6.45) is 2.17. The molecule has 19 heavy (non-hydrogen) atoms. The summed E-state index contributed by atoms with van der Waals surface area (Å²) in [7, 11) is 0. The maximum absolute atomic E-state index is 11.5. The minimum atomic E-state index is -0.270. The second kappa shape index (κ2) is 4.73. The van der Waals surface area contributed by atoms with Crippen LogP contribution in [0.1, 0.15) is 19.1 Å². The van der Waals surface area contributed by atoms with Crippen LogP contribution in [0.5, 0.6) is 0 Å². The third-order valence-electron chi connectivity index (χ3n) is 2.86. The number of esters is 1. The zero-order valence-electron chi connectivity index (χ0n) is 10.5. The summed E-state index contributed by atoms with van der Waals surface area (Å²) in [5.41, 5.74) is 0.765. The molecular formula is C12H12N2O4S. The summed E-state index contributed by atoms with van der Waals surface area (Å²) in [5, 5.41) is 7.99. The topological polar surface area (TPSA) is 78.4 Å². The number of nitrogens with zero attached hydrogens (tertiary/aromatic N) is 2. The van der Waals surface area contributed by atoms with E-state index in [-0.39, 0.29) is 17.3 Å². The van der Waals surface area contributed by atoms with E-state index in [2.05, 4.69) is 10.2 Å². The SMILES string of the molecule is Cc1occc1-c1nnc(S[C@@H]2C[C@H](C)OC2=O)o1. The molecule has 3 rings (SSSR count). The first-order valence-corrected chi connectivity index (χ1v) is 6.76. The Labute approximate surface area is 113 Å². The molecule has 1 fully saturated rings. The number of hydrogen-bond acceptors (Lipinski definition) is 7. The summed E-state index contributed by atoms with van der Waals surface area (Å²) in [6, 6.07) is 1.77. The third kappa shape index (κ3) is 2.37. The number of rotatable bonds is 3. The molecule has 7 heteroatoms. The van der Waals surface area contributed by atoms with Gasteiger partial charge in [0.1, 0.15) is 17.1 Å². The average Bonchev–Trinajstić information content (AvgIpc) is 3.02. The summed E-state index contributed by atoms with van der Waals surface area (Å²) in [6.45, 7) is 3.69. The van der Waals surface area contributed by atoms with Crippen LogP contribution in [0.4, 0.5) is 0 Å². The zero-order chi connectivity index (χ0) is 13.4. The van der Waals surface area contributed by atoms with E-state index in [0.29, 0.717) is 23.3 Å². The van der Waals surface area contributed by atoms with E-state index >= 15 is 0 Å². The summed E-state index contributed by atoms with van der Waals surface area (Å²) >= 11 is 1.24. The van der Waals surface area contributed by atoms with E-state index in [1.165, 1.54) is 11.8 Å². The maximum Gasteiger partial charge on any atom is 0.320 e. The molecular weight excluding hydrogens is 268 g/mol. The number of cyclic esters (lactones) is 1. The van der Waals surface area contributed by atoms with Gasteiger partial charge in [-0.15, -0.1) is 10.2 Å². The van der Waals surface area contributed by atoms with Gasteiger partial charge < -0.3 is 13.6 Å². The highest BCUT2D eigenvalue weighted by Crippen LogP contribution is 2.33. The molecule has 0 amide bonds. The van der Waals surface area contributed by atoms with Crippen LogP contribution in [-0.2, 0) is 9.53 Å². The molecule has 2 aromatic rings. The fourth-order valence-corrected chi connectivity index (χ4v) is 2.89. The molecule has 3 heterocycles. The highest BCUT2D eigenvalue weighted by Gasteiger charge is 2.34. The lowest BCUT2D eigenvalue weighted by Crippen LogP contribution is -2.09. The van der Waals surface area contributed by atoms with Gasteiger partial charge in [0.15, 0.2) is 0 Å². The van der Waals surface area contributed by atoms with E-state index in [1.807, 2.05) is 13.8 Å². The molecule has 0 N–H and O–H groups in total. The molecule has 0 saturated carbocycles. The van der Waals surface area contributed by atoms with Gasteiger partial charge in [0.2, 0.25) is 0 Å². The van der Waals surface area contributed by atoms with E-state index < -0.39 is 0 Å². The molecule has 2 atom stereocenters. The van der Waals surface area contributed by atoms with Crippen LogP contribution in [0.3, 0.4) is 0 Å². The molecule has 1 saturated heterocycles. The highest BCUT2D eigenvalue weighted by molar-refractivity contribution is 8.00. The van der Waals surface area contributed by atoms with Crippen molar-refractivity contribution < 1.29 is 18.4 Å². The van der Waals surface area contributed by atoms with Crippen LogP contribution in [0.25, 0.3) is 11.5 Å². The molecule has 0 aromatic carbocycles. The first kappa shape index (κ1) is 12.3. The van der Waals surface area contributed by atoms with Gasteiger partial charge in [0, 0.05) is 6.42 Å². The van der Waals surface area contributed by atoms with Crippen molar-refractivity contribution in [2.45, 2.75) is 36.8 Å². The fourth-order valence-electron chi connectivity index (χ4n) is 1.91. The van der Waals surface area contributed by atoms with Crippen molar-refractivity contribution in [3.8, 4) is 11.5 Å². The van der Waals surface area contributed by atoms with Gasteiger partial charge in [-0.1, -0.05) is 0 Å². The predicted molar refractivity (Wildman–Crippen MR) is 66.6 cm³/mol. The molecule has 1 aliphatic rings. The van der Waals surface area contributed by atoms with Gasteiger partial charge in [0.25, 0.3) is 11.1 Å². The predicted octanol–water partition coefficient (Wildman–Crippen LogP) is 2.43. The van der Waals surface area contributed by atoms with Gasteiger partial charge in [-0.3, -0.25) is 4.79 Å². The molecule has 0 bridgehead atoms. The second-order valence-electron chi connectivity index (χ2n) is 4.35. The quantitative estimate of drug-likeness (QED) is 0.799. The molecule has 1 aliphatic heterocycles. The number of ether oxygens (including phenoxy) is 1. The van der Waals surface area contributed by atoms with Gasteiger partial charge in [0.05, 0.1) is 11.8 Å². The fraction of sp³-hybridized carbons (Fsp3) is 0.417. The Bertz CT molecular complexity index is 606. The lowest BCUT2D eigenvalue weighted by atomic mass is 10.3. The number of hydrogen-bond donors (Lipinski definition) is 0. The zero-order valence-corrected chi connectivity index (χ0v) is 11.3. The van der Waals surface area contributed by atoms with Gasteiger partial charge in [-0.05, 0) is 31.7 Å². The monoisotopic (exact) mass is 280 g/mol. The van der Waals surface area contributed by atoms with E-state index in [9.17, 15) is 4.79 Å². The molecule has 0 unspecified atom stereocenters. The molecule has 2 aromatic heterocycles. The Morgan fingerprint density at radius 3 is 2.89 bits per heavy atom. The Balaban J connectivity index is 1.76. The minimum Gasteiger partial charge on any atom is -0.469 e. The standard InChI is InChI=1S/C12H12N2O4S/c1-6-5-9(11(15)17-6)19-12-14-13-10(18-12)8-3-4-16-7(8)2/h3-4,6,9H,5H2,1-2H3/t6-,9+/m0/s1. The van der Waals surface area contributed by atoms with Gasteiger partial charge >= 0.3 is 5.97 Å². The normalized spacial score (nSPS) is 22.7. The van der Waals surface area contributed by atoms with Crippen molar-refractivity contribution in [2.24, 2.45) is 0 Å². The summed E-state index contributed by atoms with van der Waals surface area (Å²) in [4.78, 5) is 11.5. The highest BCUT2D eigenvalue weighted by atomic mass is 32.2. The van der Waals surface area contributed by atoms with Crippen molar-refractivity contribution >= 4 is 17.7 Å². The van der Waals surface area contributed by atoms with Crippen LogP contribution in [-0.4, -0.2) is 27.5 Å². The third-order valence-corrected chi connectivity index (χ3v) is 3.90. The minimum absolute atomic E-state index is 0.0523. The first-order chi connectivity index (χ1) is 9.13. The Morgan fingerprint density at radius 2 is 2.26 bits per heavy atom. The van der Waals surface area contributed by atoms with Crippen LogP contribution >= 0.6 is 11.8 Å². The first-order valence-electron chi connectivity index (χ1n) is 5.88. The lowest BCUT2D eigenvalue weighted by molar-refractivity contribution is -0.140. The Morgan fingerprint density at radius 1 is 1.42 bits per heavy atom. The molecule has 0 aliphatic carbocycles. The van der Waals surface area contributed by atoms with Crippen molar-refractivity contribution in [3.63, 3.8) is 0 Å². The number of aryl methyl sites for hydroxylation is 1. The molecule has 6 nitrogen and oxygen atoms in total. The van der Waals surface area contributed by atoms with E-state index in [1.54, 1.807) is 12.3 Å². The van der Waals surface area contributed by atoms with Crippen LogP contribution in [0, 0.1) is 6.92 Å². The maximum atomic E-state index is 11.5. The van der Waals surface area contributed by atoms with Crippen molar-refractivity contribution in [1.29, 1.82) is 0 Å². The lowest BCUT2D eigenvalue weighted by Gasteiger charge is -1.98. The van der Waals surface area contributed by atoms with Crippen molar-refractivity contribution in [2.75, 3.05) is 0 Å². The van der Waals surface area contributed by atoms with E-state index in [0.717, 1.165) is 5.56 Å². The van der Waals surface area contributed by atoms with Crippen LogP contribution < -0.4 is 0 Å². The largest absolute Gasteiger partial charge is 0.469 e. The number of aromatic nitrogens is 2. The number of carbonyl (C=O) groups is 1.